The maximum atomic E-state index is 8.39. The van der Waals surface area contributed by atoms with Crippen LogP contribution < -0.4 is 0 Å². The summed E-state index contributed by atoms with van der Waals surface area (Å²) < 4.78 is 0. The average Bonchev–Trinajstić information content (AvgIpc) is 2.25. The van der Waals surface area contributed by atoms with Crippen LogP contribution >= 0.6 is 0 Å². The first-order valence-corrected chi connectivity index (χ1v) is 6.87. The molecule has 1 fully saturated rings. The van der Waals surface area contributed by atoms with Crippen molar-refractivity contribution in [1.29, 1.82) is 5.41 Å². The van der Waals surface area contributed by atoms with Crippen molar-refractivity contribution in [3.8, 4) is 0 Å². The molecule has 1 rings (SSSR count). The molecule has 0 spiro atoms. The van der Waals surface area contributed by atoms with Gasteiger partial charge in [-0.25, -0.2) is 0 Å². The largest absolute Gasteiger partial charge is 0.358 e. The highest BCUT2D eigenvalue weighted by molar-refractivity contribution is 5.82. The third-order valence-corrected chi connectivity index (χ3v) is 3.49. The second-order valence-corrected chi connectivity index (χ2v) is 5.86. The molecule has 0 saturated heterocycles. The molecule has 2 heteroatoms. The minimum Gasteiger partial charge on any atom is -0.358 e. The van der Waals surface area contributed by atoms with Crippen LogP contribution in [-0.4, -0.2) is 23.3 Å². The molecule has 0 aromatic heterocycles. The van der Waals surface area contributed by atoms with Crippen molar-refractivity contribution >= 4 is 5.84 Å². The minimum atomic E-state index is 0.469. The van der Waals surface area contributed by atoms with Crippen LogP contribution in [0.25, 0.3) is 0 Å². The second-order valence-electron chi connectivity index (χ2n) is 5.86. The van der Waals surface area contributed by atoms with Gasteiger partial charge >= 0.3 is 0 Å². The monoisotopic (exact) mass is 224 g/mol. The summed E-state index contributed by atoms with van der Waals surface area (Å²) in [6.07, 6.45) is 6.48. The summed E-state index contributed by atoms with van der Waals surface area (Å²) in [5.74, 6) is 2.09. The summed E-state index contributed by atoms with van der Waals surface area (Å²) >= 11 is 0. The number of nitrogens with one attached hydrogen (secondary N) is 1. The predicted molar refractivity (Wildman–Crippen MR) is 71.0 cm³/mol. The van der Waals surface area contributed by atoms with Crippen LogP contribution in [0.4, 0.5) is 0 Å². The quantitative estimate of drug-likeness (QED) is 0.569. The Kier molecular flexibility index (Phi) is 5.30. The Morgan fingerprint density at radius 1 is 1.12 bits per heavy atom. The Morgan fingerprint density at radius 2 is 1.69 bits per heavy atom. The van der Waals surface area contributed by atoms with E-state index in [1.54, 1.807) is 0 Å². The first-order chi connectivity index (χ1) is 7.52. The fraction of sp³-hybridized carbons (Fsp3) is 0.929. The summed E-state index contributed by atoms with van der Waals surface area (Å²) in [6, 6.07) is 0.469. The van der Waals surface area contributed by atoms with Gasteiger partial charge < -0.3 is 4.90 Å². The van der Waals surface area contributed by atoms with Gasteiger partial charge in [-0.15, -0.1) is 0 Å². The van der Waals surface area contributed by atoms with E-state index in [4.69, 9.17) is 5.41 Å². The van der Waals surface area contributed by atoms with Gasteiger partial charge in [-0.2, -0.15) is 0 Å². The minimum absolute atomic E-state index is 0.469. The van der Waals surface area contributed by atoms with Crippen LogP contribution in [0.5, 0.6) is 0 Å². The zero-order valence-corrected chi connectivity index (χ0v) is 11.4. The highest BCUT2D eigenvalue weighted by Gasteiger charge is 2.24. The van der Waals surface area contributed by atoms with Crippen LogP contribution in [0.1, 0.15) is 59.8 Å². The van der Waals surface area contributed by atoms with Gasteiger partial charge in [-0.3, -0.25) is 5.41 Å². The zero-order valence-electron chi connectivity index (χ0n) is 11.4. The van der Waals surface area contributed by atoms with Crippen molar-refractivity contribution in [3.63, 3.8) is 0 Å². The molecule has 16 heavy (non-hydrogen) atoms. The lowest BCUT2D eigenvalue weighted by atomic mass is 9.87. The molecule has 1 N–H and O–H groups in total. The van der Waals surface area contributed by atoms with E-state index in [9.17, 15) is 0 Å². The van der Waals surface area contributed by atoms with Crippen LogP contribution in [0.3, 0.4) is 0 Å². The second kappa shape index (κ2) is 6.27. The molecular formula is C14H28N2. The number of hydrogen-bond donors (Lipinski definition) is 1. The molecule has 1 saturated carbocycles. The first-order valence-electron chi connectivity index (χ1n) is 6.87. The van der Waals surface area contributed by atoms with Crippen molar-refractivity contribution < 1.29 is 0 Å². The molecule has 0 aromatic rings. The maximum Gasteiger partial charge on any atom is 0.0991 e. The molecule has 0 radical (unpaired) electrons. The standard InChI is InChI=1S/C14H28N2/c1-11(2)10-16(12(3)4)14(15)13-8-6-5-7-9-13/h11-13,15H,5-10H2,1-4H3. The van der Waals surface area contributed by atoms with Gasteiger partial charge in [0.05, 0.1) is 5.84 Å². The van der Waals surface area contributed by atoms with Gasteiger partial charge in [0.2, 0.25) is 0 Å². The van der Waals surface area contributed by atoms with Gasteiger partial charge in [0, 0.05) is 18.5 Å². The SMILES string of the molecule is CC(C)CN(C(=N)C1CCCCC1)C(C)C. The van der Waals surface area contributed by atoms with E-state index in [0.717, 1.165) is 12.4 Å². The smallest absolute Gasteiger partial charge is 0.0991 e. The van der Waals surface area contributed by atoms with E-state index in [1.807, 2.05) is 0 Å². The lowest BCUT2D eigenvalue weighted by molar-refractivity contribution is 0.280. The van der Waals surface area contributed by atoms with E-state index >= 15 is 0 Å². The summed E-state index contributed by atoms with van der Waals surface area (Å²) in [6.45, 7) is 9.93. The van der Waals surface area contributed by atoms with Gasteiger partial charge in [0.1, 0.15) is 0 Å². The van der Waals surface area contributed by atoms with Crippen molar-refractivity contribution in [2.24, 2.45) is 11.8 Å². The molecule has 0 bridgehead atoms. The van der Waals surface area contributed by atoms with Gasteiger partial charge in [-0.1, -0.05) is 33.1 Å². The number of rotatable bonds is 4. The molecule has 2 nitrogen and oxygen atoms in total. The molecule has 0 unspecified atom stereocenters. The maximum absolute atomic E-state index is 8.39. The van der Waals surface area contributed by atoms with E-state index in [1.165, 1.54) is 32.1 Å². The molecule has 1 aliphatic carbocycles. The Balaban J connectivity index is 2.58. The zero-order chi connectivity index (χ0) is 12.1. The summed E-state index contributed by atoms with van der Waals surface area (Å²) in [4.78, 5) is 2.31. The van der Waals surface area contributed by atoms with Crippen molar-refractivity contribution in [3.05, 3.63) is 0 Å². The lowest BCUT2D eigenvalue weighted by Crippen LogP contribution is -2.43. The molecule has 94 valence electrons. The third-order valence-electron chi connectivity index (χ3n) is 3.49. The van der Waals surface area contributed by atoms with Crippen LogP contribution in [0, 0.1) is 17.2 Å². The van der Waals surface area contributed by atoms with Gasteiger partial charge in [0.25, 0.3) is 0 Å². The van der Waals surface area contributed by atoms with E-state index in [-0.39, 0.29) is 0 Å². The lowest BCUT2D eigenvalue weighted by Gasteiger charge is -2.36. The van der Waals surface area contributed by atoms with Gasteiger partial charge in [0.15, 0.2) is 0 Å². The highest BCUT2D eigenvalue weighted by atomic mass is 15.2. The Hall–Kier alpha value is -0.530. The fourth-order valence-corrected chi connectivity index (χ4v) is 2.59. The van der Waals surface area contributed by atoms with E-state index < -0.39 is 0 Å². The molecule has 0 aliphatic heterocycles. The van der Waals surface area contributed by atoms with Crippen LogP contribution in [0.2, 0.25) is 0 Å². The van der Waals surface area contributed by atoms with E-state index in [2.05, 4.69) is 32.6 Å². The number of nitrogens with zero attached hydrogens (tertiary/aromatic N) is 1. The summed E-state index contributed by atoms with van der Waals surface area (Å²) in [5, 5.41) is 8.39. The average molecular weight is 224 g/mol. The molecule has 0 atom stereocenters. The molecule has 0 aromatic carbocycles. The Morgan fingerprint density at radius 3 is 2.12 bits per heavy atom. The highest BCUT2D eigenvalue weighted by Crippen LogP contribution is 2.26. The Labute approximate surface area is 101 Å². The summed E-state index contributed by atoms with van der Waals surface area (Å²) in [7, 11) is 0. The molecule has 0 heterocycles. The first kappa shape index (κ1) is 13.5. The van der Waals surface area contributed by atoms with E-state index in [0.29, 0.717) is 17.9 Å². The number of amidine groups is 1. The molecule has 0 amide bonds. The topological polar surface area (TPSA) is 27.1 Å². The van der Waals surface area contributed by atoms with Gasteiger partial charge in [-0.05, 0) is 32.6 Å². The predicted octanol–water partition coefficient (Wildman–Crippen LogP) is 3.91. The number of hydrogen-bond acceptors (Lipinski definition) is 1. The molecular weight excluding hydrogens is 196 g/mol. The fourth-order valence-electron chi connectivity index (χ4n) is 2.59. The van der Waals surface area contributed by atoms with Crippen molar-refractivity contribution in [1.82, 2.24) is 4.90 Å². The van der Waals surface area contributed by atoms with Crippen LogP contribution in [-0.2, 0) is 0 Å². The van der Waals surface area contributed by atoms with Crippen LogP contribution in [0.15, 0.2) is 0 Å². The molecule has 1 aliphatic rings. The normalized spacial score (nSPS) is 18.1. The van der Waals surface area contributed by atoms with Crippen molar-refractivity contribution in [2.75, 3.05) is 6.54 Å². The third kappa shape index (κ3) is 3.80. The summed E-state index contributed by atoms with van der Waals surface area (Å²) in [5.41, 5.74) is 0. The van der Waals surface area contributed by atoms with Crippen molar-refractivity contribution in [2.45, 2.75) is 65.8 Å². The Bertz CT molecular complexity index is 215.